The van der Waals surface area contributed by atoms with Crippen LogP contribution in [0.5, 0.6) is 11.5 Å². The maximum atomic E-state index is 13.7. The van der Waals surface area contributed by atoms with Gasteiger partial charge in [-0.05, 0) is 49.6 Å². The number of nitrogens with one attached hydrogen (secondary N) is 2. The number of halogens is 2. The van der Waals surface area contributed by atoms with Crippen LogP contribution in [0.3, 0.4) is 0 Å². The van der Waals surface area contributed by atoms with Crippen LogP contribution >= 0.6 is 24.0 Å². The maximum absolute atomic E-state index is 13.7. The van der Waals surface area contributed by atoms with Crippen molar-refractivity contribution in [2.24, 2.45) is 4.99 Å². The molecule has 0 aromatic heterocycles. The molecule has 0 saturated carbocycles. The van der Waals surface area contributed by atoms with E-state index in [2.05, 4.69) is 15.6 Å². The second-order valence-electron chi connectivity index (χ2n) is 5.88. The smallest absolute Gasteiger partial charge is 0.191 e. The first-order chi connectivity index (χ1) is 13.2. The molecule has 2 N–H and O–H groups in total. The standard InChI is InChI=1S/C21H28FN3O2.HI/c1-4-23-21(24-13-12-17-8-6-7-9-18(17)22)25-15-16-10-11-19(26-3)20(14-16)27-5-2;/h6-11,14H,4-5,12-13,15H2,1-3H3,(H2,23,24,25);1H. The van der Waals surface area contributed by atoms with E-state index in [4.69, 9.17) is 9.47 Å². The third-order valence-corrected chi connectivity index (χ3v) is 3.94. The van der Waals surface area contributed by atoms with Crippen LogP contribution in [-0.4, -0.2) is 32.8 Å². The van der Waals surface area contributed by atoms with Crippen LogP contribution in [0.2, 0.25) is 0 Å². The van der Waals surface area contributed by atoms with E-state index in [1.807, 2.05) is 38.1 Å². The summed E-state index contributed by atoms with van der Waals surface area (Å²) in [4.78, 5) is 4.60. The summed E-state index contributed by atoms with van der Waals surface area (Å²) in [6.07, 6.45) is 0.591. The molecule has 0 radical (unpaired) electrons. The first kappa shape index (κ1) is 24.0. The number of aliphatic imine (C=N–C) groups is 1. The Kier molecular flexibility index (Phi) is 11.3. The fourth-order valence-electron chi connectivity index (χ4n) is 2.62. The summed E-state index contributed by atoms with van der Waals surface area (Å²) >= 11 is 0. The van der Waals surface area contributed by atoms with Crippen molar-refractivity contribution in [1.82, 2.24) is 10.6 Å². The molecule has 0 aliphatic heterocycles. The van der Waals surface area contributed by atoms with Crippen molar-refractivity contribution < 1.29 is 13.9 Å². The third kappa shape index (κ3) is 7.53. The van der Waals surface area contributed by atoms with E-state index in [0.717, 1.165) is 12.1 Å². The Morgan fingerprint density at radius 2 is 1.86 bits per heavy atom. The Bertz CT molecular complexity index is 756. The Hall–Kier alpha value is -2.03. The maximum Gasteiger partial charge on any atom is 0.191 e. The van der Waals surface area contributed by atoms with Gasteiger partial charge in [-0.1, -0.05) is 24.3 Å². The number of rotatable bonds is 9. The first-order valence-corrected chi connectivity index (χ1v) is 9.23. The summed E-state index contributed by atoms with van der Waals surface area (Å²) in [5.41, 5.74) is 1.71. The van der Waals surface area contributed by atoms with Crippen molar-refractivity contribution in [2.45, 2.75) is 26.8 Å². The van der Waals surface area contributed by atoms with Crippen molar-refractivity contribution >= 4 is 29.9 Å². The normalized spacial score (nSPS) is 10.8. The zero-order valence-corrected chi connectivity index (χ0v) is 19.0. The molecule has 0 unspecified atom stereocenters. The van der Waals surface area contributed by atoms with Crippen molar-refractivity contribution in [3.05, 3.63) is 59.4 Å². The number of ether oxygens (including phenoxy) is 2. The van der Waals surface area contributed by atoms with Crippen LogP contribution in [0.15, 0.2) is 47.5 Å². The van der Waals surface area contributed by atoms with Gasteiger partial charge in [0, 0.05) is 13.1 Å². The Morgan fingerprint density at radius 1 is 1.07 bits per heavy atom. The minimum Gasteiger partial charge on any atom is -0.493 e. The first-order valence-electron chi connectivity index (χ1n) is 9.23. The molecule has 2 rings (SSSR count). The molecule has 0 fully saturated rings. The lowest BCUT2D eigenvalue weighted by molar-refractivity contribution is 0.310. The number of hydrogen-bond acceptors (Lipinski definition) is 3. The van der Waals surface area contributed by atoms with E-state index in [0.29, 0.717) is 49.1 Å². The van der Waals surface area contributed by atoms with Gasteiger partial charge in [0.1, 0.15) is 5.82 Å². The molecule has 0 saturated heterocycles. The fraction of sp³-hybridized carbons (Fsp3) is 0.381. The molecule has 0 heterocycles. The molecule has 154 valence electrons. The second-order valence-corrected chi connectivity index (χ2v) is 5.88. The largest absolute Gasteiger partial charge is 0.493 e. The van der Waals surface area contributed by atoms with Gasteiger partial charge in [0.25, 0.3) is 0 Å². The predicted molar refractivity (Wildman–Crippen MR) is 123 cm³/mol. The molecule has 28 heavy (non-hydrogen) atoms. The molecular weight excluding hydrogens is 472 g/mol. The van der Waals surface area contributed by atoms with Crippen molar-refractivity contribution in [3.8, 4) is 11.5 Å². The van der Waals surface area contributed by atoms with Gasteiger partial charge < -0.3 is 20.1 Å². The molecular formula is C21H29FIN3O2. The van der Waals surface area contributed by atoms with Crippen LogP contribution in [-0.2, 0) is 13.0 Å². The zero-order chi connectivity index (χ0) is 19.5. The van der Waals surface area contributed by atoms with E-state index in [-0.39, 0.29) is 29.8 Å². The number of guanidine groups is 1. The molecule has 0 aliphatic carbocycles. The summed E-state index contributed by atoms with van der Waals surface area (Å²) in [5, 5.41) is 6.45. The molecule has 0 spiro atoms. The van der Waals surface area contributed by atoms with Crippen molar-refractivity contribution in [1.29, 1.82) is 0 Å². The monoisotopic (exact) mass is 501 g/mol. The molecule has 0 aliphatic rings. The minimum atomic E-state index is -0.178. The van der Waals surface area contributed by atoms with E-state index in [1.54, 1.807) is 19.2 Å². The summed E-state index contributed by atoms with van der Waals surface area (Å²) in [6.45, 7) is 6.36. The fourth-order valence-corrected chi connectivity index (χ4v) is 2.62. The van der Waals surface area contributed by atoms with Gasteiger partial charge in [0.05, 0.1) is 20.3 Å². The highest BCUT2D eigenvalue weighted by atomic mass is 127. The van der Waals surface area contributed by atoms with E-state index >= 15 is 0 Å². The molecule has 2 aromatic rings. The molecule has 7 heteroatoms. The Balaban J connectivity index is 0.00000392. The molecule has 0 bridgehead atoms. The lowest BCUT2D eigenvalue weighted by Gasteiger charge is -2.13. The molecule has 0 atom stereocenters. The minimum absolute atomic E-state index is 0. The second kappa shape index (κ2) is 13.2. The zero-order valence-electron chi connectivity index (χ0n) is 16.6. The molecule has 5 nitrogen and oxygen atoms in total. The Labute approximate surface area is 183 Å². The van der Waals surface area contributed by atoms with E-state index in [9.17, 15) is 4.39 Å². The van der Waals surface area contributed by atoms with Gasteiger partial charge >= 0.3 is 0 Å². The van der Waals surface area contributed by atoms with Gasteiger partial charge in [-0.15, -0.1) is 24.0 Å². The highest BCUT2D eigenvalue weighted by molar-refractivity contribution is 14.0. The van der Waals surface area contributed by atoms with Crippen LogP contribution in [0.1, 0.15) is 25.0 Å². The average molecular weight is 501 g/mol. The van der Waals surface area contributed by atoms with Crippen LogP contribution < -0.4 is 20.1 Å². The van der Waals surface area contributed by atoms with Gasteiger partial charge in [-0.25, -0.2) is 9.38 Å². The van der Waals surface area contributed by atoms with Crippen molar-refractivity contribution in [2.75, 3.05) is 26.8 Å². The molecule has 0 amide bonds. The van der Waals surface area contributed by atoms with Crippen LogP contribution in [0.25, 0.3) is 0 Å². The van der Waals surface area contributed by atoms with Gasteiger partial charge in [-0.3, -0.25) is 0 Å². The highest BCUT2D eigenvalue weighted by Crippen LogP contribution is 2.28. The van der Waals surface area contributed by atoms with Crippen LogP contribution in [0.4, 0.5) is 4.39 Å². The summed E-state index contributed by atoms with van der Waals surface area (Å²) < 4.78 is 24.6. The SMILES string of the molecule is CCNC(=NCc1ccc(OC)c(OCC)c1)NCCc1ccccc1F.I. The van der Waals surface area contributed by atoms with Crippen molar-refractivity contribution in [3.63, 3.8) is 0 Å². The van der Waals surface area contributed by atoms with Gasteiger partial charge in [0.15, 0.2) is 17.5 Å². The van der Waals surface area contributed by atoms with E-state index < -0.39 is 0 Å². The Morgan fingerprint density at radius 3 is 2.54 bits per heavy atom. The average Bonchev–Trinajstić information content (AvgIpc) is 2.68. The van der Waals surface area contributed by atoms with E-state index in [1.165, 1.54) is 6.07 Å². The predicted octanol–water partition coefficient (Wildman–Crippen LogP) is 4.15. The quantitative estimate of drug-likeness (QED) is 0.308. The highest BCUT2D eigenvalue weighted by Gasteiger charge is 2.06. The van der Waals surface area contributed by atoms with Gasteiger partial charge in [0.2, 0.25) is 0 Å². The summed E-state index contributed by atoms with van der Waals surface area (Å²) in [7, 11) is 1.62. The third-order valence-electron chi connectivity index (χ3n) is 3.94. The summed E-state index contributed by atoms with van der Waals surface area (Å²) in [6, 6.07) is 12.6. The number of benzene rings is 2. The lowest BCUT2D eigenvalue weighted by Crippen LogP contribution is -2.38. The number of methoxy groups -OCH3 is 1. The topological polar surface area (TPSA) is 54.9 Å². The van der Waals surface area contributed by atoms with Gasteiger partial charge in [-0.2, -0.15) is 0 Å². The summed E-state index contributed by atoms with van der Waals surface area (Å²) in [5.74, 6) is 1.94. The van der Waals surface area contributed by atoms with Crippen LogP contribution in [0, 0.1) is 5.82 Å². The number of nitrogens with zero attached hydrogens (tertiary/aromatic N) is 1. The molecule has 2 aromatic carbocycles. The number of hydrogen-bond donors (Lipinski definition) is 2. The lowest BCUT2D eigenvalue weighted by atomic mass is 10.1.